The summed E-state index contributed by atoms with van der Waals surface area (Å²) in [6, 6.07) is 18.4. The van der Waals surface area contributed by atoms with Crippen molar-refractivity contribution in [1.82, 2.24) is 4.90 Å². The Morgan fingerprint density at radius 1 is 1.11 bits per heavy atom. The Kier molecular flexibility index (Phi) is 5.02. The number of ether oxygens (including phenoxy) is 1. The quantitative estimate of drug-likeness (QED) is 0.856. The van der Waals surface area contributed by atoms with E-state index in [4.69, 9.17) is 10.5 Å². The Morgan fingerprint density at radius 3 is 2.44 bits per heavy atom. The molecule has 1 aliphatic carbocycles. The largest absolute Gasteiger partial charge is 0.373 e. The first-order chi connectivity index (χ1) is 13.1. The van der Waals surface area contributed by atoms with E-state index < -0.39 is 0 Å². The second-order valence-electron chi connectivity index (χ2n) is 7.91. The van der Waals surface area contributed by atoms with Crippen LogP contribution in [0.2, 0.25) is 0 Å². The van der Waals surface area contributed by atoms with Crippen LogP contribution >= 0.6 is 0 Å². The summed E-state index contributed by atoms with van der Waals surface area (Å²) in [5.41, 5.74) is 8.28. The lowest BCUT2D eigenvalue weighted by atomic mass is 9.74. The molecule has 0 spiro atoms. The van der Waals surface area contributed by atoms with Gasteiger partial charge in [-0.25, -0.2) is 0 Å². The van der Waals surface area contributed by atoms with Crippen LogP contribution in [-0.4, -0.2) is 37.6 Å². The van der Waals surface area contributed by atoms with Gasteiger partial charge < -0.3 is 15.4 Å². The SMILES string of the molecule is COC1(c2cccc(C(N)=O)c2)C2CCC1CN(CCc1ccccc1)C2. The van der Waals surface area contributed by atoms with Crippen LogP contribution in [0.3, 0.4) is 0 Å². The lowest BCUT2D eigenvalue weighted by molar-refractivity contribution is -0.118. The number of amides is 1. The van der Waals surface area contributed by atoms with Gasteiger partial charge in [0.1, 0.15) is 5.60 Å². The van der Waals surface area contributed by atoms with Crippen molar-refractivity contribution in [2.24, 2.45) is 17.6 Å². The summed E-state index contributed by atoms with van der Waals surface area (Å²) in [6.45, 7) is 3.16. The second-order valence-corrected chi connectivity index (χ2v) is 7.91. The summed E-state index contributed by atoms with van der Waals surface area (Å²) in [4.78, 5) is 14.2. The number of hydrogen-bond acceptors (Lipinski definition) is 3. The maximum atomic E-state index is 11.7. The van der Waals surface area contributed by atoms with Crippen LogP contribution in [0.5, 0.6) is 0 Å². The normalized spacial score (nSPS) is 27.6. The molecule has 2 aromatic carbocycles. The highest BCUT2D eigenvalue weighted by atomic mass is 16.5. The third kappa shape index (κ3) is 3.28. The van der Waals surface area contributed by atoms with Gasteiger partial charge in [0.05, 0.1) is 0 Å². The number of piperidine rings is 1. The second kappa shape index (κ2) is 7.45. The zero-order valence-electron chi connectivity index (χ0n) is 15.9. The number of fused-ring (bicyclic) bond motifs is 2. The van der Waals surface area contributed by atoms with Crippen molar-refractivity contribution in [2.75, 3.05) is 26.7 Å². The highest BCUT2D eigenvalue weighted by Gasteiger charge is 2.55. The first-order valence-electron chi connectivity index (χ1n) is 9.85. The van der Waals surface area contributed by atoms with Gasteiger partial charge in [-0.1, -0.05) is 42.5 Å². The van der Waals surface area contributed by atoms with Crippen molar-refractivity contribution in [1.29, 1.82) is 0 Å². The van der Waals surface area contributed by atoms with E-state index in [1.165, 1.54) is 18.4 Å². The topological polar surface area (TPSA) is 55.6 Å². The predicted molar refractivity (Wildman–Crippen MR) is 106 cm³/mol. The Bertz CT molecular complexity index is 791. The van der Waals surface area contributed by atoms with Crippen LogP contribution in [0.15, 0.2) is 54.6 Å². The zero-order valence-corrected chi connectivity index (χ0v) is 15.9. The van der Waals surface area contributed by atoms with E-state index in [2.05, 4.69) is 41.3 Å². The molecule has 2 atom stereocenters. The molecule has 4 rings (SSSR count). The number of carbonyl (C=O) groups excluding carboxylic acids is 1. The highest BCUT2D eigenvalue weighted by molar-refractivity contribution is 5.92. The molecular formula is C23H28N2O2. The first-order valence-corrected chi connectivity index (χ1v) is 9.85. The molecule has 4 heteroatoms. The van der Waals surface area contributed by atoms with E-state index in [9.17, 15) is 4.79 Å². The lowest BCUT2D eigenvalue weighted by Crippen LogP contribution is -2.53. The van der Waals surface area contributed by atoms with E-state index in [1.54, 1.807) is 6.07 Å². The fourth-order valence-corrected chi connectivity index (χ4v) is 5.27. The summed E-state index contributed by atoms with van der Waals surface area (Å²) >= 11 is 0. The molecule has 1 heterocycles. The van der Waals surface area contributed by atoms with Crippen LogP contribution in [0, 0.1) is 11.8 Å². The van der Waals surface area contributed by atoms with Gasteiger partial charge in [-0.15, -0.1) is 0 Å². The molecule has 1 saturated heterocycles. The van der Waals surface area contributed by atoms with Crippen molar-refractivity contribution in [3.05, 3.63) is 71.3 Å². The van der Waals surface area contributed by atoms with Gasteiger partial charge in [0, 0.05) is 44.1 Å². The number of nitrogens with zero attached hydrogens (tertiary/aromatic N) is 1. The number of hydrogen-bond donors (Lipinski definition) is 1. The molecule has 1 saturated carbocycles. The standard InChI is InChI=1S/C23H28N2O2/c1-27-23(19-9-5-8-18(14-19)22(24)26)20-10-11-21(23)16-25(15-20)13-12-17-6-3-2-4-7-17/h2-9,14,20-21H,10-13,15-16H2,1H3,(H2,24,26). The van der Waals surface area contributed by atoms with Crippen LogP contribution < -0.4 is 5.73 Å². The number of rotatable bonds is 6. The van der Waals surface area contributed by atoms with Gasteiger partial charge in [-0.3, -0.25) is 4.79 Å². The first kappa shape index (κ1) is 18.2. The molecule has 2 unspecified atom stereocenters. The summed E-state index contributed by atoms with van der Waals surface area (Å²) in [7, 11) is 1.82. The summed E-state index contributed by atoms with van der Waals surface area (Å²) in [5, 5.41) is 0. The third-order valence-corrected chi connectivity index (χ3v) is 6.53. The van der Waals surface area contributed by atoms with Gasteiger partial charge in [-0.2, -0.15) is 0 Å². The van der Waals surface area contributed by atoms with E-state index in [1.807, 2.05) is 19.2 Å². The van der Waals surface area contributed by atoms with E-state index in [0.29, 0.717) is 17.4 Å². The molecule has 27 heavy (non-hydrogen) atoms. The molecule has 2 aliphatic rings. The third-order valence-electron chi connectivity index (χ3n) is 6.53. The van der Waals surface area contributed by atoms with Crippen LogP contribution in [0.4, 0.5) is 0 Å². The molecule has 4 nitrogen and oxygen atoms in total. The number of methoxy groups -OCH3 is 1. The minimum absolute atomic E-state index is 0.297. The smallest absolute Gasteiger partial charge is 0.248 e. The average Bonchev–Trinajstić information content (AvgIpc) is 2.90. The number of likely N-dealkylation sites (tertiary alicyclic amines) is 1. The van der Waals surface area contributed by atoms with Crippen molar-refractivity contribution in [3.8, 4) is 0 Å². The molecule has 1 amide bonds. The van der Waals surface area contributed by atoms with Gasteiger partial charge in [-0.05, 0) is 42.5 Å². The van der Waals surface area contributed by atoms with E-state index >= 15 is 0 Å². The summed E-state index contributed by atoms with van der Waals surface area (Å²) < 4.78 is 6.22. The minimum Gasteiger partial charge on any atom is -0.373 e. The molecule has 2 fully saturated rings. The Balaban J connectivity index is 1.53. The number of primary amides is 1. The van der Waals surface area contributed by atoms with Crippen LogP contribution in [0.25, 0.3) is 0 Å². The summed E-state index contributed by atoms with van der Waals surface area (Å²) in [5.74, 6) is 0.510. The fraction of sp³-hybridized carbons (Fsp3) is 0.435. The molecule has 2 bridgehead atoms. The number of benzene rings is 2. The van der Waals surface area contributed by atoms with Crippen molar-refractivity contribution in [2.45, 2.75) is 24.9 Å². The van der Waals surface area contributed by atoms with Crippen molar-refractivity contribution < 1.29 is 9.53 Å². The monoisotopic (exact) mass is 364 g/mol. The number of nitrogens with two attached hydrogens (primary N) is 1. The molecule has 2 aromatic rings. The Hall–Kier alpha value is -2.17. The minimum atomic E-state index is -0.379. The average molecular weight is 364 g/mol. The lowest BCUT2D eigenvalue weighted by Gasteiger charge is -2.47. The maximum Gasteiger partial charge on any atom is 0.248 e. The number of carbonyl (C=O) groups is 1. The molecule has 142 valence electrons. The van der Waals surface area contributed by atoms with Gasteiger partial charge in [0.25, 0.3) is 0 Å². The van der Waals surface area contributed by atoms with Gasteiger partial charge in [0.15, 0.2) is 0 Å². The molecule has 1 aliphatic heterocycles. The zero-order chi connectivity index (χ0) is 18.9. The fourth-order valence-electron chi connectivity index (χ4n) is 5.27. The Labute approximate surface area is 161 Å². The van der Waals surface area contributed by atoms with Gasteiger partial charge >= 0.3 is 0 Å². The molecule has 2 N–H and O–H groups in total. The van der Waals surface area contributed by atoms with Gasteiger partial charge in [0.2, 0.25) is 5.91 Å². The molecule has 0 aromatic heterocycles. The van der Waals surface area contributed by atoms with Crippen LogP contribution in [-0.2, 0) is 16.8 Å². The van der Waals surface area contributed by atoms with E-state index in [-0.39, 0.29) is 11.5 Å². The van der Waals surface area contributed by atoms with Crippen molar-refractivity contribution >= 4 is 5.91 Å². The predicted octanol–water partition coefficient (Wildman–Crippen LogP) is 3.21. The summed E-state index contributed by atoms with van der Waals surface area (Å²) in [6.07, 6.45) is 3.42. The molecular weight excluding hydrogens is 336 g/mol. The Morgan fingerprint density at radius 2 is 1.81 bits per heavy atom. The van der Waals surface area contributed by atoms with Crippen LogP contribution in [0.1, 0.15) is 34.3 Å². The maximum absolute atomic E-state index is 11.7. The van der Waals surface area contributed by atoms with Crippen molar-refractivity contribution in [3.63, 3.8) is 0 Å². The van der Waals surface area contributed by atoms with E-state index in [0.717, 1.165) is 31.6 Å². The highest BCUT2D eigenvalue weighted by Crippen LogP contribution is 2.53. The molecule has 0 radical (unpaired) electrons.